The van der Waals surface area contributed by atoms with Crippen LogP contribution < -0.4 is 10.2 Å². The molecule has 1 aliphatic rings. The summed E-state index contributed by atoms with van der Waals surface area (Å²) in [6, 6.07) is 10.7. The van der Waals surface area contributed by atoms with E-state index in [1.807, 2.05) is 24.3 Å². The highest BCUT2D eigenvalue weighted by molar-refractivity contribution is 6.29. The molecule has 0 spiro atoms. The van der Waals surface area contributed by atoms with Gasteiger partial charge in [-0.2, -0.15) is 0 Å². The van der Waals surface area contributed by atoms with Crippen LogP contribution in [0, 0.1) is 0 Å². The minimum atomic E-state index is -0.294. The highest BCUT2D eigenvalue weighted by atomic mass is 35.5. The van der Waals surface area contributed by atoms with Crippen LogP contribution in [0.4, 0.5) is 11.4 Å². The van der Waals surface area contributed by atoms with Gasteiger partial charge >= 0.3 is 0 Å². The number of nitrogens with zero attached hydrogens (tertiary/aromatic N) is 3. The number of carbonyl (C=O) groups is 2. The summed E-state index contributed by atoms with van der Waals surface area (Å²) in [4.78, 5) is 32.0. The van der Waals surface area contributed by atoms with E-state index < -0.39 is 0 Å². The number of rotatable bonds is 5. The van der Waals surface area contributed by atoms with E-state index in [1.165, 1.54) is 17.2 Å². The number of anilines is 2. The summed E-state index contributed by atoms with van der Waals surface area (Å²) in [5.41, 5.74) is 2.17. The van der Waals surface area contributed by atoms with Crippen LogP contribution in [0.5, 0.6) is 0 Å². The number of aromatic nitrogens is 1. The second kappa shape index (κ2) is 8.83. The predicted molar refractivity (Wildman–Crippen MR) is 104 cm³/mol. The molecular weight excluding hydrogens is 368 g/mol. The molecule has 1 saturated heterocycles. The molecule has 8 heteroatoms. The fourth-order valence-corrected chi connectivity index (χ4v) is 2.99. The van der Waals surface area contributed by atoms with Gasteiger partial charge in [0.05, 0.1) is 19.8 Å². The van der Waals surface area contributed by atoms with Crippen molar-refractivity contribution in [3.8, 4) is 0 Å². The Morgan fingerprint density at radius 2 is 1.93 bits per heavy atom. The molecule has 7 nitrogen and oxygen atoms in total. The van der Waals surface area contributed by atoms with Gasteiger partial charge in [0.2, 0.25) is 5.91 Å². The van der Waals surface area contributed by atoms with Gasteiger partial charge in [0.15, 0.2) is 0 Å². The van der Waals surface area contributed by atoms with Gasteiger partial charge in [0.1, 0.15) is 5.15 Å². The van der Waals surface area contributed by atoms with Crippen molar-refractivity contribution < 1.29 is 14.3 Å². The van der Waals surface area contributed by atoms with Crippen LogP contribution in [0.25, 0.3) is 0 Å². The third kappa shape index (κ3) is 5.18. The maximum absolute atomic E-state index is 12.3. The Hall–Kier alpha value is -2.64. The van der Waals surface area contributed by atoms with E-state index >= 15 is 0 Å². The minimum absolute atomic E-state index is 0.0655. The predicted octanol–water partition coefficient (Wildman–Crippen LogP) is 2.28. The van der Waals surface area contributed by atoms with Gasteiger partial charge in [-0.3, -0.25) is 9.59 Å². The van der Waals surface area contributed by atoms with Crippen LogP contribution in [-0.4, -0.2) is 61.6 Å². The molecule has 1 fully saturated rings. The zero-order valence-corrected chi connectivity index (χ0v) is 15.8. The lowest BCUT2D eigenvalue weighted by atomic mass is 10.2. The lowest BCUT2D eigenvalue weighted by Crippen LogP contribution is -2.36. The summed E-state index contributed by atoms with van der Waals surface area (Å²) in [5, 5.41) is 3.04. The highest BCUT2D eigenvalue weighted by Crippen LogP contribution is 2.19. The van der Waals surface area contributed by atoms with E-state index in [0.717, 1.165) is 32.0 Å². The smallest absolute Gasteiger partial charge is 0.254 e. The van der Waals surface area contributed by atoms with Crippen LogP contribution in [0.15, 0.2) is 42.6 Å². The largest absolute Gasteiger partial charge is 0.378 e. The molecule has 2 heterocycles. The normalized spacial score (nSPS) is 13.9. The molecule has 1 aromatic carbocycles. The Morgan fingerprint density at radius 1 is 1.22 bits per heavy atom. The third-order valence-electron chi connectivity index (χ3n) is 4.23. The number of carbonyl (C=O) groups excluding carboxylic acids is 2. The molecule has 27 heavy (non-hydrogen) atoms. The summed E-state index contributed by atoms with van der Waals surface area (Å²) in [5.74, 6) is -0.567. The number of ether oxygens (including phenoxy) is 1. The Balaban J connectivity index is 1.54. The van der Waals surface area contributed by atoms with Crippen molar-refractivity contribution in [3.63, 3.8) is 0 Å². The number of morpholine rings is 1. The second-order valence-corrected chi connectivity index (χ2v) is 6.61. The topological polar surface area (TPSA) is 74.8 Å². The van der Waals surface area contributed by atoms with Crippen LogP contribution in [-0.2, 0) is 9.53 Å². The Kier molecular flexibility index (Phi) is 6.26. The number of likely N-dealkylation sites (N-methyl/N-ethyl adjacent to an activating group) is 1. The first-order valence-electron chi connectivity index (χ1n) is 8.62. The van der Waals surface area contributed by atoms with Crippen molar-refractivity contribution in [2.45, 2.75) is 0 Å². The van der Waals surface area contributed by atoms with Crippen molar-refractivity contribution >= 4 is 34.8 Å². The summed E-state index contributed by atoms with van der Waals surface area (Å²) >= 11 is 5.80. The van der Waals surface area contributed by atoms with Crippen molar-refractivity contribution in [3.05, 3.63) is 53.3 Å². The van der Waals surface area contributed by atoms with Crippen molar-refractivity contribution in [2.24, 2.45) is 0 Å². The van der Waals surface area contributed by atoms with Crippen LogP contribution in [0.2, 0.25) is 5.15 Å². The van der Waals surface area contributed by atoms with Gasteiger partial charge in [0, 0.05) is 43.3 Å². The van der Waals surface area contributed by atoms with E-state index in [4.69, 9.17) is 16.3 Å². The summed E-state index contributed by atoms with van der Waals surface area (Å²) in [6.07, 6.45) is 1.46. The molecule has 0 unspecified atom stereocenters. The second-order valence-electron chi connectivity index (χ2n) is 6.22. The molecule has 1 N–H and O–H groups in total. The SMILES string of the molecule is CN(CC(=O)Nc1ccc(N2CCOCC2)cc1)C(=O)c1ccnc(Cl)c1. The molecule has 0 saturated carbocycles. The Bertz CT molecular complexity index is 807. The molecule has 0 radical (unpaired) electrons. The minimum Gasteiger partial charge on any atom is -0.378 e. The molecule has 1 aromatic heterocycles. The fourth-order valence-electron chi connectivity index (χ4n) is 2.82. The third-order valence-corrected chi connectivity index (χ3v) is 4.43. The van der Waals surface area contributed by atoms with Crippen molar-refractivity contribution in [1.82, 2.24) is 9.88 Å². The highest BCUT2D eigenvalue weighted by Gasteiger charge is 2.16. The molecule has 0 bridgehead atoms. The zero-order valence-electron chi connectivity index (χ0n) is 15.0. The van der Waals surface area contributed by atoms with Gasteiger partial charge in [-0.1, -0.05) is 11.6 Å². The number of benzene rings is 1. The molecule has 0 aliphatic carbocycles. The van der Waals surface area contributed by atoms with Crippen molar-refractivity contribution in [2.75, 3.05) is 50.1 Å². The summed E-state index contributed by atoms with van der Waals surface area (Å²) in [6.45, 7) is 3.10. The van der Waals surface area contributed by atoms with Crippen LogP contribution in [0.3, 0.4) is 0 Å². The average molecular weight is 389 g/mol. The molecule has 142 valence electrons. The van der Waals surface area contributed by atoms with Crippen LogP contribution >= 0.6 is 11.6 Å². The monoisotopic (exact) mass is 388 g/mol. The lowest BCUT2D eigenvalue weighted by molar-refractivity contribution is -0.116. The summed E-state index contributed by atoms with van der Waals surface area (Å²) in [7, 11) is 1.57. The molecule has 2 amide bonds. The fraction of sp³-hybridized carbons (Fsp3) is 0.316. The molecule has 2 aromatic rings. The van der Waals surface area contributed by atoms with Gasteiger partial charge < -0.3 is 19.9 Å². The maximum atomic E-state index is 12.3. The number of hydrogen-bond acceptors (Lipinski definition) is 5. The number of amides is 2. The Labute approximate surface area is 162 Å². The number of hydrogen-bond donors (Lipinski definition) is 1. The molecule has 0 atom stereocenters. The molecular formula is C19H21ClN4O3. The van der Waals surface area contributed by atoms with E-state index in [1.54, 1.807) is 13.1 Å². The number of pyridine rings is 1. The van der Waals surface area contributed by atoms with Crippen molar-refractivity contribution in [1.29, 1.82) is 0 Å². The van der Waals surface area contributed by atoms with Gasteiger partial charge in [-0.05, 0) is 36.4 Å². The quantitative estimate of drug-likeness (QED) is 0.795. The number of nitrogens with one attached hydrogen (secondary N) is 1. The first kappa shape index (κ1) is 19.1. The van der Waals surface area contributed by atoms with E-state index in [0.29, 0.717) is 11.3 Å². The van der Waals surface area contributed by atoms with E-state index in [2.05, 4.69) is 15.2 Å². The van der Waals surface area contributed by atoms with Gasteiger partial charge in [-0.25, -0.2) is 4.98 Å². The van der Waals surface area contributed by atoms with Gasteiger partial charge in [0.25, 0.3) is 5.91 Å². The first-order valence-corrected chi connectivity index (χ1v) is 9.00. The maximum Gasteiger partial charge on any atom is 0.254 e. The first-order chi connectivity index (χ1) is 13.0. The summed E-state index contributed by atoms with van der Waals surface area (Å²) < 4.78 is 5.35. The van der Waals surface area contributed by atoms with E-state index in [9.17, 15) is 9.59 Å². The average Bonchev–Trinajstić information content (AvgIpc) is 2.68. The van der Waals surface area contributed by atoms with Crippen LogP contribution in [0.1, 0.15) is 10.4 Å². The molecule has 1 aliphatic heterocycles. The number of halogens is 1. The Morgan fingerprint density at radius 3 is 2.59 bits per heavy atom. The van der Waals surface area contributed by atoms with Gasteiger partial charge in [-0.15, -0.1) is 0 Å². The standard InChI is InChI=1S/C19H21ClN4O3/c1-23(19(26)14-6-7-21-17(20)12-14)13-18(25)22-15-2-4-16(5-3-15)24-8-10-27-11-9-24/h2-7,12H,8-11,13H2,1H3,(H,22,25). The zero-order chi connectivity index (χ0) is 19.2. The van der Waals surface area contributed by atoms with E-state index in [-0.39, 0.29) is 23.5 Å². The molecule has 3 rings (SSSR count). The lowest BCUT2D eigenvalue weighted by Gasteiger charge is -2.28.